The van der Waals surface area contributed by atoms with Gasteiger partial charge in [-0.3, -0.25) is 0 Å². The first-order valence-corrected chi connectivity index (χ1v) is 14.4. The molecule has 0 bridgehead atoms. The second-order valence-corrected chi connectivity index (χ2v) is 10.7. The van der Waals surface area contributed by atoms with Crippen LogP contribution in [0.25, 0.3) is 23.0 Å². The van der Waals surface area contributed by atoms with Crippen molar-refractivity contribution in [3.05, 3.63) is 177 Å². The number of aromatic carboxylic acids is 4. The molecule has 0 aromatic heterocycles. The molecule has 0 amide bonds. The van der Waals surface area contributed by atoms with Gasteiger partial charge in [0, 0.05) is 22.3 Å². The minimum Gasteiger partial charge on any atom is -0.478 e. The minimum atomic E-state index is -1.08. The van der Waals surface area contributed by atoms with Gasteiger partial charge >= 0.3 is 23.9 Å². The number of hydrogen-bond acceptors (Lipinski definition) is 6. The Morgan fingerprint density at radius 2 is 0.521 bits per heavy atom. The Bertz CT molecular complexity index is 1820. The lowest BCUT2D eigenvalue weighted by atomic mass is 9.95. The lowest BCUT2D eigenvalue weighted by Crippen LogP contribution is -2.05. The molecule has 0 unspecified atom stereocenters. The summed E-state index contributed by atoms with van der Waals surface area (Å²) in [4.78, 5) is 45.9. The van der Waals surface area contributed by atoms with Crippen molar-refractivity contribution < 1.29 is 49.1 Å². The van der Waals surface area contributed by atoms with E-state index >= 15 is 0 Å². The molecule has 0 aliphatic carbocycles. The Hall–Kier alpha value is -6.94. The zero-order valence-electron chi connectivity index (χ0n) is 24.8. The SMILES string of the molecule is O=C(O)c1ccc(C2=CC(=C3C=C(c4ccc(C(=O)O)cc4)OC(c4ccc(C(=O)O)cc4)=C3)C=C(c3ccc(C(=O)O)cc3)O2)cc1. The molecule has 4 aromatic rings. The molecule has 4 aromatic carbocycles. The molecule has 0 saturated heterocycles. The van der Waals surface area contributed by atoms with E-state index in [4.69, 9.17) is 9.47 Å². The summed E-state index contributed by atoms with van der Waals surface area (Å²) in [5, 5.41) is 37.5. The third kappa shape index (κ3) is 6.53. The van der Waals surface area contributed by atoms with Crippen LogP contribution in [0, 0.1) is 0 Å². The molecule has 0 fully saturated rings. The summed E-state index contributed by atoms with van der Waals surface area (Å²) in [6.07, 6.45) is 7.09. The molecule has 0 radical (unpaired) electrons. The van der Waals surface area contributed by atoms with E-state index in [0.29, 0.717) is 56.4 Å². The van der Waals surface area contributed by atoms with Gasteiger partial charge in [-0.05, 0) is 84.0 Å². The summed E-state index contributed by atoms with van der Waals surface area (Å²) in [5.74, 6) is -2.74. The summed E-state index contributed by atoms with van der Waals surface area (Å²) in [6.45, 7) is 0. The largest absolute Gasteiger partial charge is 0.478 e. The molecule has 10 nitrogen and oxygen atoms in total. The maximum atomic E-state index is 11.5. The maximum Gasteiger partial charge on any atom is 0.335 e. The van der Waals surface area contributed by atoms with Gasteiger partial charge in [-0.1, -0.05) is 48.5 Å². The molecule has 0 atom stereocenters. The van der Waals surface area contributed by atoms with Crippen molar-refractivity contribution in [1.29, 1.82) is 0 Å². The highest BCUT2D eigenvalue weighted by Gasteiger charge is 2.22. The van der Waals surface area contributed by atoms with Gasteiger partial charge in [-0.25, -0.2) is 19.2 Å². The quantitative estimate of drug-likeness (QED) is 0.153. The average molecular weight is 641 g/mol. The molecular weight excluding hydrogens is 616 g/mol. The molecular formula is C38H24O10. The third-order valence-electron chi connectivity index (χ3n) is 7.59. The number of hydrogen-bond donors (Lipinski definition) is 4. The van der Waals surface area contributed by atoms with Crippen LogP contribution in [0.1, 0.15) is 63.7 Å². The van der Waals surface area contributed by atoms with E-state index in [2.05, 4.69) is 0 Å². The number of carboxylic acids is 4. The number of carbonyl (C=O) groups is 4. The van der Waals surface area contributed by atoms with Crippen LogP contribution in [-0.2, 0) is 9.47 Å². The molecule has 2 aliphatic rings. The van der Waals surface area contributed by atoms with Crippen molar-refractivity contribution in [3.63, 3.8) is 0 Å². The van der Waals surface area contributed by atoms with Crippen molar-refractivity contribution in [2.24, 2.45) is 0 Å². The van der Waals surface area contributed by atoms with Crippen LogP contribution in [0.15, 0.2) is 133 Å². The van der Waals surface area contributed by atoms with Crippen LogP contribution >= 0.6 is 0 Å². The van der Waals surface area contributed by atoms with E-state index in [0.717, 1.165) is 0 Å². The fourth-order valence-corrected chi connectivity index (χ4v) is 5.01. The average Bonchev–Trinajstić information content (AvgIpc) is 3.11. The monoisotopic (exact) mass is 640 g/mol. The van der Waals surface area contributed by atoms with Crippen LogP contribution in [0.5, 0.6) is 0 Å². The number of benzene rings is 4. The van der Waals surface area contributed by atoms with Crippen LogP contribution < -0.4 is 0 Å². The highest BCUT2D eigenvalue weighted by Crippen LogP contribution is 2.38. The highest BCUT2D eigenvalue weighted by molar-refractivity contribution is 5.91. The smallest absolute Gasteiger partial charge is 0.335 e. The van der Waals surface area contributed by atoms with Crippen LogP contribution in [0.3, 0.4) is 0 Å². The van der Waals surface area contributed by atoms with E-state index in [9.17, 15) is 39.6 Å². The Morgan fingerprint density at radius 3 is 0.688 bits per heavy atom. The predicted molar refractivity (Wildman–Crippen MR) is 175 cm³/mol. The van der Waals surface area contributed by atoms with Gasteiger partial charge in [0.05, 0.1) is 22.3 Å². The van der Waals surface area contributed by atoms with Crippen molar-refractivity contribution in [1.82, 2.24) is 0 Å². The van der Waals surface area contributed by atoms with Crippen molar-refractivity contribution in [2.45, 2.75) is 0 Å². The van der Waals surface area contributed by atoms with Crippen LogP contribution in [-0.4, -0.2) is 44.3 Å². The molecule has 0 saturated carbocycles. The van der Waals surface area contributed by atoms with Gasteiger partial charge in [0.1, 0.15) is 23.0 Å². The van der Waals surface area contributed by atoms with Crippen LogP contribution in [0.2, 0.25) is 0 Å². The highest BCUT2D eigenvalue weighted by atomic mass is 16.5. The lowest BCUT2D eigenvalue weighted by molar-refractivity contribution is 0.0686. The topological polar surface area (TPSA) is 168 Å². The standard InChI is InChI=1S/C38H24O10/c39-35(40)25-9-1-21(2-10-25)31-17-29(18-32(47-31)22-3-11-26(12-4-22)36(41)42)30-19-33(23-5-13-27(14-6-23)37(43)44)48-34(20-30)24-7-15-28(16-8-24)38(45)46/h1-20H,(H,39,40)(H,41,42)(H,43,44)(H,45,46). The minimum absolute atomic E-state index is 0.0983. The number of ether oxygens (including phenoxy) is 2. The second kappa shape index (κ2) is 12.8. The van der Waals surface area contributed by atoms with Gasteiger partial charge in [0.15, 0.2) is 0 Å². The molecule has 0 spiro atoms. The molecule has 48 heavy (non-hydrogen) atoms. The van der Waals surface area contributed by atoms with E-state index in [1.54, 1.807) is 72.8 Å². The van der Waals surface area contributed by atoms with E-state index < -0.39 is 23.9 Å². The van der Waals surface area contributed by atoms with E-state index in [1.807, 2.05) is 0 Å². The normalized spacial score (nSPS) is 14.0. The first kappa shape index (κ1) is 31.1. The maximum absolute atomic E-state index is 11.5. The molecule has 2 heterocycles. The summed E-state index contributed by atoms with van der Waals surface area (Å²) in [6, 6.07) is 24.6. The Labute approximate surface area is 272 Å². The first-order chi connectivity index (χ1) is 23.0. The molecule has 6 rings (SSSR count). The Kier molecular flexibility index (Phi) is 8.29. The molecule has 10 heteroatoms. The van der Waals surface area contributed by atoms with Gasteiger partial charge < -0.3 is 29.9 Å². The van der Waals surface area contributed by atoms with Gasteiger partial charge in [-0.2, -0.15) is 0 Å². The summed E-state index contributed by atoms with van der Waals surface area (Å²) < 4.78 is 12.6. The first-order valence-electron chi connectivity index (χ1n) is 14.4. The Balaban J connectivity index is 1.53. The van der Waals surface area contributed by atoms with Crippen molar-refractivity contribution in [2.75, 3.05) is 0 Å². The fraction of sp³-hybridized carbons (Fsp3) is 0. The predicted octanol–water partition coefficient (Wildman–Crippen LogP) is 7.30. The zero-order valence-corrected chi connectivity index (χ0v) is 24.8. The molecule has 236 valence electrons. The zero-order chi connectivity index (χ0) is 33.9. The lowest BCUT2D eigenvalue weighted by Gasteiger charge is -2.23. The number of allylic oxidation sites excluding steroid dienone is 6. The van der Waals surface area contributed by atoms with E-state index in [-0.39, 0.29) is 22.3 Å². The third-order valence-corrected chi connectivity index (χ3v) is 7.59. The number of carboxylic acid groups (broad SMARTS) is 4. The summed E-state index contributed by atoms with van der Waals surface area (Å²) >= 11 is 0. The van der Waals surface area contributed by atoms with Crippen molar-refractivity contribution >= 4 is 46.9 Å². The van der Waals surface area contributed by atoms with Crippen LogP contribution in [0.4, 0.5) is 0 Å². The molecule has 2 aliphatic heterocycles. The van der Waals surface area contributed by atoms with E-state index in [1.165, 1.54) is 48.5 Å². The summed E-state index contributed by atoms with van der Waals surface area (Å²) in [7, 11) is 0. The second-order valence-electron chi connectivity index (χ2n) is 10.7. The summed E-state index contributed by atoms with van der Waals surface area (Å²) in [5.41, 5.74) is 4.03. The van der Waals surface area contributed by atoms with Gasteiger partial charge in [-0.15, -0.1) is 0 Å². The van der Waals surface area contributed by atoms with Gasteiger partial charge in [0.25, 0.3) is 0 Å². The number of rotatable bonds is 8. The molecule has 4 N–H and O–H groups in total. The van der Waals surface area contributed by atoms with Crippen molar-refractivity contribution in [3.8, 4) is 0 Å². The fourth-order valence-electron chi connectivity index (χ4n) is 5.01. The Morgan fingerprint density at radius 1 is 0.333 bits per heavy atom. The van der Waals surface area contributed by atoms with Gasteiger partial charge in [0.2, 0.25) is 0 Å².